The smallest absolute Gasteiger partial charge is 0.262 e. The highest BCUT2D eigenvalue weighted by molar-refractivity contribution is 6.23. The molecule has 2 bridgehead atoms. The zero-order chi connectivity index (χ0) is 33.9. The van der Waals surface area contributed by atoms with Crippen molar-refractivity contribution in [1.29, 1.82) is 0 Å². The summed E-state index contributed by atoms with van der Waals surface area (Å²) in [6.07, 6.45) is 12.8. The second-order valence-corrected chi connectivity index (χ2v) is 14.4. The Bertz CT molecular complexity index is 2030. The van der Waals surface area contributed by atoms with Crippen LogP contribution in [-0.2, 0) is 9.59 Å². The molecule has 4 aromatic rings. The lowest BCUT2D eigenvalue weighted by Gasteiger charge is -2.35. The number of imide groups is 2. The predicted octanol–water partition coefficient (Wildman–Crippen LogP) is 3.68. The molecule has 0 radical (unpaired) electrons. The number of amides is 4. The maximum absolute atomic E-state index is 13.1. The monoisotopic (exact) mass is 673 g/mol. The molecule has 2 aromatic carbocycles. The zero-order valence-corrected chi connectivity index (χ0v) is 27.7. The van der Waals surface area contributed by atoms with E-state index in [1.807, 2.05) is 12.4 Å². The fourth-order valence-corrected chi connectivity index (χ4v) is 8.37. The number of nitrogens with zero attached hydrogens (tertiary/aromatic N) is 6. The topological polar surface area (TPSA) is 154 Å². The Hall–Kier alpha value is -5.17. The van der Waals surface area contributed by atoms with Gasteiger partial charge in [-0.05, 0) is 87.3 Å². The molecule has 3 unspecified atom stereocenters. The molecule has 13 heteroatoms. The Kier molecular flexibility index (Phi) is 7.59. The van der Waals surface area contributed by atoms with Gasteiger partial charge >= 0.3 is 0 Å². The molecule has 5 aliphatic rings. The number of benzene rings is 2. The highest BCUT2D eigenvalue weighted by Gasteiger charge is 2.44. The van der Waals surface area contributed by atoms with E-state index in [-0.39, 0.29) is 29.9 Å². The summed E-state index contributed by atoms with van der Waals surface area (Å²) in [5, 5.41) is 14.0. The normalized spacial score (nSPS) is 26.0. The molecule has 2 aromatic heterocycles. The molecule has 1 aliphatic carbocycles. The van der Waals surface area contributed by atoms with Crippen LogP contribution >= 0.6 is 0 Å². The Morgan fingerprint density at radius 3 is 2.52 bits per heavy atom. The molecule has 3 atom stereocenters. The summed E-state index contributed by atoms with van der Waals surface area (Å²) in [5.74, 6) is -1.36. The highest BCUT2D eigenvalue weighted by Crippen LogP contribution is 2.41. The van der Waals surface area contributed by atoms with Crippen molar-refractivity contribution >= 4 is 46.0 Å². The molecule has 256 valence electrons. The summed E-state index contributed by atoms with van der Waals surface area (Å²) >= 11 is 0. The van der Waals surface area contributed by atoms with Gasteiger partial charge in [0.25, 0.3) is 11.8 Å². The fraction of sp³-hybridized carbons (Fsp3) is 0.432. The quantitative estimate of drug-likeness (QED) is 0.177. The van der Waals surface area contributed by atoms with Gasteiger partial charge in [0.05, 0.1) is 46.3 Å². The first kappa shape index (κ1) is 30.9. The molecule has 0 spiro atoms. The summed E-state index contributed by atoms with van der Waals surface area (Å²) in [6, 6.07) is 12.1. The largest absolute Gasteiger partial charge is 0.385 e. The van der Waals surface area contributed by atoms with E-state index in [0.717, 1.165) is 78.2 Å². The molecular weight excluding hydrogens is 634 g/mol. The summed E-state index contributed by atoms with van der Waals surface area (Å²) in [6.45, 7) is 2.81. The van der Waals surface area contributed by atoms with Crippen molar-refractivity contribution in [3.8, 4) is 11.3 Å². The van der Waals surface area contributed by atoms with Crippen LogP contribution in [-0.4, -0.2) is 86.0 Å². The van der Waals surface area contributed by atoms with E-state index in [9.17, 15) is 19.2 Å². The maximum atomic E-state index is 13.1. The van der Waals surface area contributed by atoms with Crippen molar-refractivity contribution in [1.82, 2.24) is 35.3 Å². The van der Waals surface area contributed by atoms with Crippen molar-refractivity contribution in [2.45, 2.75) is 75.5 Å². The van der Waals surface area contributed by atoms with Crippen LogP contribution in [0.15, 0.2) is 55.0 Å². The third-order valence-electron chi connectivity index (χ3n) is 11.1. The van der Waals surface area contributed by atoms with Crippen molar-refractivity contribution in [3.63, 3.8) is 0 Å². The number of hydrogen-bond donors (Lipinski definition) is 3. The number of piperidine rings is 1. The van der Waals surface area contributed by atoms with E-state index < -0.39 is 23.8 Å². The van der Waals surface area contributed by atoms with Crippen LogP contribution in [0.1, 0.15) is 78.1 Å². The van der Waals surface area contributed by atoms with Crippen LogP contribution in [0, 0.1) is 5.92 Å². The van der Waals surface area contributed by atoms with Gasteiger partial charge in [0.15, 0.2) is 0 Å². The summed E-state index contributed by atoms with van der Waals surface area (Å²) < 4.78 is 2.07. The van der Waals surface area contributed by atoms with Crippen molar-refractivity contribution in [2.24, 2.45) is 5.92 Å². The van der Waals surface area contributed by atoms with Gasteiger partial charge in [0.1, 0.15) is 6.04 Å². The number of carbonyl (C=O) groups is 4. The van der Waals surface area contributed by atoms with Crippen molar-refractivity contribution < 1.29 is 19.2 Å². The number of piperazine rings is 1. The zero-order valence-electron chi connectivity index (χ0n) is 27.7. The first-order valence-electron chi connectivity index (χ1n) is 17.8. The first-order valence-corrected chi connectivity index (χ1v) is 17.8. The molecule has 3 N–H and O–H groups in total. The van der Waals surface area contributed by atoms with Crippen molar-refractivity contribution in [3.05, 3.63) is 66.1 Å². The molecule has 4 fully saturated rings. The van der Waals surface area contributed by atoms with Crippen LogP contribution in [0.2, 0.25) is 0 Å². The second-order valence-electron chi connectivity index (χ2n) is 14.4. The van der Waals surface area contributed by atoms with Gasteiger partial charge < -0.3 is 15.5 Å². The Morgan fingerprint density at radius 1 is 0.880 bits per heavy atom. The van der Waals surface area contributed by atoms with Gasteiger partial charge in [-0.2, -0.15) is 5.10 Å². The van der Waals surface area contributed by atoms with E-state index in [2.05, 4.69) is 49.9 Å². The molecule has 13 nitrogen and oxygen atoms in total. The summed E-state index contributed by atoms with van der Waals surface area (Å²) in [5.41, 5.74) is 6.16. The number of hydrogen-bond acceptors (Lipinski definition) is 10. The maximum Gasteiger partial charge on any atom is 0.262 e. The predicted molar refractivity (Wildman–Crippen MR) is 186 cm³/mol. The number of anilines is 2. The Morgan fingerprint density at radius 2 is 1.70 bits per heavy atom. The Balaban J connectivity index is 0.762. The SMILES string of the molecule is O=C1CCC(N2C(=O)c3ccc(NCCCC4CC(n5cc(-c6cnc7ccc(N8CC9CCC(C8)N9)cc7n6)cn5)C4)cc3C2=O)C(=O)N1. The third-order valence-corrected chi connectivity index (χ3v) is 11.1. The third kappa shape index (κ3) is 5.59. The molecule has 3 saturated heterocycles. The van der Waals surface area contributed by atoms with Gasteiger partial charge in [-0.3, -0.25) is 39.1 Å². The molecule has 4 aliphatic heterocycles. The fourth-order valence-electron chi connectivity index (χ4n) is 8.37. The van der Waals surface area contributed by atoms with E-state index in [1.165, 1.54) is 18.5 Å². The Labute approximate surface area is 288 Å². The van der Waals surface area contributed by atoms with Crippen molar-refractivity contribution in [2.75, 3.05) is 29.9 Å². The average Bonchev–Trinajstić information content (AvgIpc) is 3.79. The van der Waals surface area contributed by atoms with Crippen LogP contribution in [0.5, 0.6) is 0 Å². The lowest BCUT2D eigenvalue weighted by Crippen LogP contribution is -2.54. The van der Waals surface area contributed by atoms with E-state index in [0.29, 0.717) is 24.0 Å². The molecular formula is C37H39N9O4. The average molecular weight is 674 g/mol. The van der Waals surface area contributed by atoms with E-state index in [4.69, 9.17) is 15.1 Å². The molecule has 6 heterocycles. The second kappa shape index (κ2) is 12.3. The minimum Gasteiger partial charge on any atom is -0.385 e. The summed E-state index contributed by atoms with van der Waals surface area (Å²) in [7, 11) is 0. The molecule has 50 heavy (non-hydrogen) atoms. The first-order chi connectivity index (χ1) is 24.4. The molecule has 4 amide bonds. The lowest BCUT2D eigenvalue weighted by molar-refractivity contribution is -0.136. The van der Waals surface area contributed by atoms with Gasteiger partial charge in [-0.25, -0.2) is 4.98 Å². The van der Waals surface area contributed by atoms with E-state index in [1.54, 1.807) is 18.2 Å². The number of nitrogens with one attached hydrogen (secondary N) is 3. The minimum absolute atomic E-state index is 0.0979. The van der Waals surface area contributed by atoms with Crippen LogP contribution in [0.4, 0.5) is 11.4 Å². The number of fused-ring (bicyclic) bond motifs is 4. The van der Waals surface area contributed by atoms with Crippen LogP contribution < -0.4 is 20.9 Å². The van der Waals surface area contributed by atoms with Gasteiger partial charge in [0, 0.05) is 61.3 Å². The summed E-state index contributed by atoms with van der Waals surface area (Å²) in [4.78, 5) is 63.1. The minimum atomic E-state index is -0.963. The number of rotatable bonds is 9. The standard InChI is InChI=1S/C37H39N9O4/c47-34-10-9-33(35(48)43-34)46-36(49)28-7-5-23(14-29(28)37(46)50)38-11-1-2-21-12-27(13-21)45-18-22(16-40-45)32-17-39-30-8-6-26(15-31(30)42-32)44-19-24-3-4-25(20-44)41-24/h5-8,14-18,21,24-25,27,33,38,41H,1-4,9-13,19-20H2,(H,43,47,48). The van der Waals surface area contributed by atoms with Gasteiger partial charge in [-0.1, -0.05) is 0 Å². The van der Waals surface area contributed by atoms with Crippen LogP contribution in [0.25, 0.3) is 22.3 Å². The molecule has 1 saturated carbocycles. The highest BCUT2D eigenvalue weighted by atomic mass is 16.2. The van der Waals surface area contributed by atoms with Gasteiger partial charge in [-0.15, -0.1) is 0 Å². The number of carbonyl (C=O) groups excluding carboxylic acids is 4. The van der Waals surface area contributed by atoms with E-state index >= 15 is 0 Å². The molecule has 9 rings (SSSR count). The van der Waals surface area contributed by atoms with Gasteiger partial charge in [0.2, 0.25) is 11.8 Å². The lowest BCUT2D eigenvalue weighted by atomic mass is 9.77. The van der Waals surface area contributed by atoms with Crippen LogP contribution in [0.3, 0.4) is 0 Å². The number of aromatic nitrogens is 4.